The molecule has 0 spiro atoms. The van der Waals surface area contributed by atoms with Gasteiger partial charge < -0.3 is 10.1 Å². The Morgan fingerprint density at radius 3 is 2.50 bits per heavy atom. The molecule has 0 fully saturated rings. The maximum Gasteiger partial charge on any atom is 0.323 e. The Morgan fingerprint density at radius 2 is 2.00 bits per heavy atom. The first-order chi connectivity index (χ1) is 7.37. The van der Waals surface area contributed by atoms with E-state index < -0.39 is 5.60 Å². The van der Waals surface area contributed by atoms with Crippen molar-refractivity contribution in [2.75, 3.05) is 18.6 Å². The van der Waals surface area contributed by atoms with Gasteiger partial charge in [-0.15, -0.1) is 0 Å². The fourth-order valence-corrected chi connectivity index (χ4v) is 1.66. The summed E-state index contributed by atoms with van der Waals surface area (Å²) in [5.74, 6) is 1.01. The molecule has 1 N–H and O–H groups in total. The van der Waals surface area contributed by atoms with Gasteiger partial charge in [0, 0.05) is 0 Å². The third-order valence-corrected chi connectivity index (χ3v) is 2.68. The number of hydrogen-bond donors (Lipinski definition) is 1. The number of esters is 1. The molecule has 0 heterocycles. The molecule has 0 bridgehead atoms. The van der Waals surface area contributed by atoms with E-state index in [0.29, 0.717) is 0 Å². The van der Waals surface area contributed by atoms with Crippen LogP contribution in [0, 0.1) is 0 Å². The predicted octanol–water partition coefficient (Wildman–Crippen LogP) is 2.45. The number of carbonyl (C=O) groups excluding carboxylic acids is 1. The van der Waals surface area contributed by atoms with Crippen molar-refractivity contribution in [3.63, 3.8) is 0 Å². The average molecular weight is 247 g/mol. The fourth-order valence-electron chi connectivity index (χ4n) is 1.16. The summed E-state index contributed by atoms with van der Waals surface area (Å²) in [6.45, 7) is 8.38. The molecule has 96 valence electrons. The van der Waals surface area contributed by atoms with Crippen molar-refractivity contribution in [2.24, 2.45) is 0 Å². The van der Waals surface area contributed by atoms with Crippen LogP contribution in [0.1, 0.15) is 40.5 Å². The summed E-state index contributed by atoms with van der Waals surface area (Å²) in [7, 11) is 0. The Labute approximate surface area is 104 Å². The molecule has 3 nitrogen and oxygen atoms in total. The second-order valence-electron chi connectivity index (χ2n) is 4.91. The van der Waals surface area contributed by atoms with Crippen LogP contribution in [0.4, 0.5) is 0 Å². The van der Waals surface area contributed by atoms with Crippen molar-refractivity contribution in [3.05, 3.63) is 0 Å². The molecule has 0 amide bonds. The molecule has 0 saturated carbocycles. The minimum Gasteiger partial charge on any atom is -0.459 e. The highest BCUT2D eigenvalue weighted by molar-refractivity contribution is 7.98. The van der Waals surface area contributed by atoms with Gasteiger partial charge in [-0.05, 0) is 59.1 Å². The van der Waals surface area contributed by atoms with E-state index in [9.17, 15) is 4.79 Å². The maximum atomic E-state index is 11.6. The minimum absolute atomic E-state index is 0.169. The van der Waals surface area contributed by atoms with E-state index in [0.717, 1.165) is 13.0 Å². The van der Waals surface area contributed by atoms with Gasteiger partial charge in [0.05, 0.1) is 0 Å². The van der Waals surface area contributed by atoms with Crippen molar-refractivity contribution in [1.82, 2.24) is 5.32 Å². The van der Waals surface area contributed by atoms with Crippen LogP contribution in [0.25, 0.3) is 0 Å². The molecule has 0 aliphatic rings. The molecule has 0 aromatic carbocycles. The van der Waals surface area contributed by atoms with E-state index in [1.165, 1.54) is 12.2 Å². The predicted molar refractivity (Wildman–Crippen MR) is 70.9 cm³/mol. The number of rotatable bonds is 7. The lowest BCUT2D eigenvalue weighted by Gasteiger charge is -2.22. The molecule has 0 rings (SSSR count). The summed E-state index contributed by atoms with van der Waals surface area (Å²) in [6, 6.07) is -0.214. The SMILES string of the molecule is CSCCCCNC(C)C(=O)OC(C)(C)C. The van der Waals surface area contributed by atoms with Crippen LogP contribution in [0.3, 0.4) is 0 Å². The smallest absolute Gasteiger partial charge is 0.323 e. The molecule has 1 unspecified atom stereocenters. The molecule has 4 heteroatoms. The van der Waals surface area contributed by atoms with E-state index in [1.54, 1.807) is 0 Å². The number of unbranched alkanes of at least 4 members (excludes halogenated alkanes) is 1. The van der Waals surface area contributed by atoms with E-state index in [1.807, 2.05) is 39.5 Å². The first kappa shape index (κ1) is 15.8. The molecule has 0 aliphatic heterocycles. The highest BCUT2D eigenvalue weighted by Crippen LogP contribution is 2.08. The molecule has 0 aromatic heterocycles. The third kappa shape index (κ3) is 9.04. The topological polar surface area (TPSA) is 38.3 Å². The Balaban J connectivity index is 3.64. The van der Waals surface area contributed by atoms with Crippen LogP contribution in [0.15, 0.2) is 0 Å². The van der Waals surface area contributed by atoms with Gasteiger partial charge in [-0.2, -0.15) is 11.8 Å². The summed E-state index contributed by atoms with van der Waals surface area (Å²) in [5.41, 5.74) is -0.397. The van der Waals surface area contributed by atoms with E-state index in [-0.39, 0.29) is 12.0 Å². The summed E-state index contributed by atoms with van der Waals surface area (Å²) in [6.07, 6.45) is 4.40. The summed E-state index contributed by atoms with van der Waals surface area (Å²) >= 11 is 1.86. The zero-order valence-electron chi connectivity index (χ0n) is 11.1. The van der Waals surface area contributed by atoms with Crippen molar-refractivity contribution in [1.29, 1.82) is 0 Å². The highest BCUT2D eigenvalue weighted by Gasteiger charge is 2.20. The molecular weight excluding hydrogens is 222 g/mol. The van der Waals surface area contributed by atoms with Gasteiger partial charge in [-0.25, -0.2) is 0 Å². The zero-order chi connectivity index (χ0) is 12.6. The second-order valence-corrected chi connectivity index (χ2v) is 5.89. The minimum atomic E-state index is -0.397. The largest absolute Gasteiger partial charge is 0.459 e. The van der Waals surface area contributed by atoms with Crippen LogP contribution in [0.5, 0.6) is 0 Å². The number of nitrogens with one attached hydrogen (secondary N) is 1. The standard InChI is InChI=1S/C12H25NO2S/c1-10(11(14)15-12(2,3)4)13-8-6-7-9-16-5/h10,13H,6-9H2,1-5H3. The van der Waals surface area contributed by atoms with E-state index in [4.69, 9.17) is 4.74 Å². The van der Waals surface area contributed by atoms with Gasteiger partial charge in [-0.1, -0.05) is 0 Å². The number of hydrogen-bond acceptors (Lipinski definition) is 4. The van der Waals surface area contributed by atoms with Gasteiger partial charge in [0.2, 0.25) is 0 Å². The molecular formula is C12H25NO2S. The average Bonchev–Trinajstić information content (AvgIpc) is 2.14. The Hall–Kier alpha value is -0.220. The molecule has 16 heavy (non-hydrogen) atoms. The first-order valence-electron chi connectivity index (χ1n) is 5.82. The molecule has 0 aliphatic carbocycles. The van der Waals surface area contributed by atoms with Crippen LogP contribution < -0.4 is 5.32 Å². The first-order valence-corrected chi connectivity index (χ1v) is 7.21. The lowest BCUT2D eigenvalue weighted by molar-refractivity contribution is -0.156. The zero-order valence-corrected chi connectivity index (χ0v) is 11.9. The van der Waals surface area contributed by atoms with Gasteiger partial charge in [0.15, 0.2) is 0 Å². The summed E-state index contributed by atoms with van der Waals surface area (Å²) < 4.78 is 5.27. The van der Waals surface area contributed by atoms with Crippen molar-refractivity contribution in [3.8, 4) is 0 Å². The van der Waals surface area contributed by atoms with Gasteiger partial charge in [0.1, 0.15) is 11.6 Å². The van der Waals surface area contributed by atoms with Crippen molar-refractivity contribution >= 4 is 17.7 Å². The monoisotopic (exact) mass is 247 g/mol. The van der Waals surface area contributed by atoms with Gasteiger partial charge in [0.25, 0.3) is 0 Å². The fraction of sp³-hybridized carbons (Fsp3) is 0.917. The van der Waals surface area contributed by atoms with Crippen molar-refractivity contribution in [2.45, 2.75) is 52.2 Å². The Bertz CT molecular complexity index is 202. The van der Waals surface area contributed by atoms with Gasteiger partial charge >= 0.3 is 5.97 Å². The second kappa shape index (κ2) is 7.96. The summed E-state index contributed by atoms with van der Waals surface area (Å²) in [4.78, 5) is 11.6. The maximum absolute atomic E-state index is 11.6. The molecule has 0 aromatic rings. The van der Waals surface area contributed by atoms with Crippen LogP contribution in [-0.4, -0.2) is 36.2 Å². The normalized spacial score (nSPS) is 13.6. The third-order valence-electron chi connectivity index (χ3n) is 1.99. The van der Waals surface area contributed by atoms with Crippen molar-refractivity contribution < 1.29 is 9.53 Å². The lowest BCUT2D eigenvalue weighted by Crippen LogP contribution is -2.39. The van der Waals surface area contributed by atoms with Crippen LogP contribution >= 0.6 is 11.8 Å². The molecule has 0 saturated heterocycles. The van der Waals surface area contributed by atoms with Crippen LogP contribution in [-0.2, 0) is 9.53 Å². The van der Waals surface area contributed by atoms with E-state index in [2.05, 4.69) is 11.6 Å². The lowest BCUT2D eigenvalue weighted by atomic mass is 10.2. The molecule has 0 radical (unpaired) electrons. The van der Waals surface area contributed by atoms with Gasteiger partial charge in [-0.3, -0.25) is 4.79 Å². The Morgan fingerprint density at radius 1 is 1.38 bits per heavy atom. The quantitative estimate of drug-likeness (QED) is 0.554. The van der Waals surface area contributed by atoms with E-state index >= 15 is 0 Å². The van der Waals surface area contributed by atoms with Crippen LogP contribution in [0.2, 0.25) is 0 Å². The number of carbonyl (C=O) groups is 1. The molecule has 1 atom stereocenters. The Kier molecular flexibility index (Phi) is 7.85. The number of ether oxygens (including phenoxy) is 1. The highest BCUT2D eigenvalue weighted by atomic mass is 32.2. The summed E-state index contributed by atoms with van der Waals surface area (Å²) in [5, 5.41) is 3.18. The number of thioether (sulfide) groups is 1.